The van der Waals surface area contributed by atoms with Gasteiger partial charge in [0, 0.05) is 12.2 Å². The van der Waals surface area contributed by atoms with Gasteiger partial charge in [0.25, 0.3) is 0 Å². The van der Waals surface area contributed by atoms with Crippen LogP contribution in [0.3, 0.4) is 0 Å². The Morgan fingerprint density at radius 2 is 2.22 bits per heavy atom. The van der Waals surface area contributed by atoms with Crippen LogP contribution >= 0.6 is 0 Å². The lowest BCUT2D eigenvalue weighted by atomic mass is 9.98. The van der Waals surface area contributed by atoms with Crippen LogP contribution in [0.2, 0.25) is 0 Å². The Balaban J connectivity index is 1.48. The fourth-order valence-electron chi connectivity index (χ4n) is 3.08. The van der Waals surface area contributed by atoms with Gasteiger partial charge >= 0.3 is 0 Å². The molecule has 0 atom stereocenters. The van der Waals surface area contributed by atoms with Crippen molar-refractivity contribution in [2.45, 2.75) is 38.6 Å². The molecule has 0 aliphatic heterocycles. The largest absolute Gasteiger partial charge is 0.497 e. The number of aromatic nitrogens is 2. The Hall–Kier alpha value is -2.30. The van der Waals surface area contributed by atoms with E-state index in [9.17, 15) is 4.79 Å². The first-order valence-corrected chi connectivity index (χ1v) is 8.19. The van der Waals surface area contributed by atoms with E-state index in [-0.39, 0.29) is 5.91 Å². The molecule has 1 N–H and O–H groups in total. The van der Waals surface area contributed by atoms with Crippen LogP contribution in [0, 0.1) is 0 Å². The van der Waals surface area contributed by atoms with Crippen molar-refractivity contribution in [3.8, 4) is 5.75 Å². The molecule has 0 radical (unpaired) electrons. The molecule has 1 aromatic carbocycles. The number of carbonyl (C=O) groups is 1. The molecule has 1 aromatic heterocycles. The number of aryl methyl sites for hydroxylation is 1. The second kappa shape index (κ2) is 7.31. The molecule has 0 saturated heterocycles. The number of benzene rings is 1. The first kappa shape index (κ1) is 15.6. The maximum absolute atomic E-state index is 12.0. The predicted molar refractivity (Wildman–Crippen MR) is 88.6 cm³/mol. The van der Waals surface area contributed by atoms with Crippen molar-refractivity contribution in [3.05, 3.63) is 47.3 Å². The minimum atomic E-state index is 0.0271. The van der Waals surface area contributed by atoms with Gasteiger partial charge in [-0.1, -0.05) is 12.1 Å². The van der Waals surface area contributed by atoms with Crippen LogP contribution in [0.25, 0.3) is 0 Å². The van der Waals surface area contributed by atoms with Crippen molar-refractivity contribution in [1.82, 2.24) is 15.1 Å². The summed E-state index contributed by atoms with van der Waals surface area (Å²) in [5.41, 5.74) is 3.68. The molecule has 122 valence electrons. The second-order valence-electron chi connectivity index (χ2n) is 5.93. The van der Waals surface area contributed by atoms with Crippen LogP contribution in [0.1, 0.15) is 29.7 Å². The molecule has 2 aromatic rings. The molecule has 0 spiro atoms. The van der Waals surface area contributed by atoms with E-state index in [2.05, 4.69) is 10.4 Å². The van der Waals surface area contributed by atoms with Crippen molar-refractivity contribution in [2.24, 2.45) is 0 Å². The van der Waals surface area contributed by atoms with Gasteiger partial charge in [-0.05, 0) is 48.9 Å². The summed E-state index contributed by atoms with van der Waals surface area (Å²) in [6.07, 6.45) is 7.09. The topological polar surface area (TPSA) is 56.1 Å². The SMILES string of the molecule is COc1cccc(CC(=O)NCCn2ncc3c2CCCC3)c1. The highest BCUT2D eigenvalue weighted by Gasteiger charge is 2.14. The number of methoxy groups -OCH3 is 1. The molecule has 0 unspecified atom stereocenters. The van der Waals surface area contributed by atoms with Gasteiger partial charge in [-0.15, -0.1) is 0 Å². The van der Waals surface area contributed by atoms with E-state index in [0.717, 1.165) is 30.7 Å². The summed E-state index contributed by atoms with van der Waals surface area (Å²) in [4.78, 5) is 12.0. The van der Waals surface area contributed by atoms with Crippen molar-refractivity contribution in [1.29, 1.82) is 0 Å². The van der Waals surface area contributed by atoms with Crippen molar-refractivity contribution in [3.63, 3.8) is 0 Å². The number of nitrogens with one attached hydrogen (secondary N) is 1. The number of ether oxygens (including phenoxy) is 1. The molecule has 1 aliphatic carbocycles. The van der Waals surface area contributed by atoms with E-state index in [4.69, 9.17) is 4.74 Å². The molecule has 0 bridgehead atoms. The highest BCUT2D eigenvalue weighted by molar-refractivity contribution is 5.78. The molecule has 0 fully saturated rings. The summed E-state index contributed by atoms with van der Waals surface area (Å²) in [5, 5.41) is 7.42. The smallest absolute Gasteiger partial charge is 0.224 e. The number of rotatable bonds is 6. The number of carbonyl (C=O) groups excluding carboxylic acids is 1. The summed E-state index contributed by atoms with van der Waals surface area (Å²) < 4.78 is 7.22. The zero-order valence-electron chi connectivity index (χ0n) is 13.5. The van der Waals surface area contributed by atoms with Gasteiger partial charge in [-0.25, -0.2) is 0 Å². The molecule has 3 rings (SSSR count). The fraction of sp³-hybridized carbons (Fsp3) is 0.444. The Morgan fingerprint density at radius 3 is 3.09 bits per heavy atom. The van der Waals surface area contributed by atoms with Gasteiger partial charge in [0.05, 0.1) is 26.3 Å². The number of hydrogen-bond donors (Lipinski definition) is 1. The van der Waals surface area contributed by atoms with E-state index in [0.29, 0.717) is 13.0 Å². The quantitative estimate of drug-likeness (QED) is 0.889. The Labute approximate surface area is 136 Å². The molecule has 1 amide bonds. The number of hydrogen-bond acceptors (Lipinski definition) is 3. The summed E-state index contributed by atoms with van der Waals surface area (Å²) in [6.45, 7) is 1.34. The third kappa shape index (κ3) is 3.92. The van der Waals surface area contributed by atoms with Crippen LogP contribution in [0.15, 0.2) is 30.5 Å². The van der Waals surface area contributed by atoms with Crippen LogP contribution < -0.4 is 10.1 Å². The summed E-state index contributed by atoms with van der Waals surface area (Å²) in [5.74, 6) is 0.803. The van der Waals surface area contributed by atoms with E-state index in [1.165, 1.54) is 24.1 Å². The molecular weight excluding hydrogens is 290 g/mol. The Bertz CT molecular complexity index is 679. The van der Waals surface area contributed by atoms with E-state index >= 15 is 0 Å². The average Bonchev–Trinajstić information content (AvgIpc) is 2.98. The van der Waals surface area contributed by atoms with Gasteiger partial charge in [-0.2, -0.15) is 5.10 Å². The maximum atomic E-state index is 12.0. The molecule has 1 aliphatic rings. The van der Waals surface area contributed by atoms with Gasteiger partial charge in [0.2, 0.25) is 5.91 Å². The maximum Gasteiger partial charge on any atom is 0.224 e. The lowest BCUT2D eigenvalue weighted by Crippen LogP contribution is -2.29. The normalized spacial score (nSPS) is 13.4. The third-order valence-electron chi connectivity index (χ3n) is 4.29. The highest BCUT2D eigenvalue weighted by Crippen LogP contribution is 2.20. The molecule has 0 saturated carbocycles. The minimum Gasteiger partial charge on any atom is -0.497 e. The van der Waals surface area contributed by atoms with Crippen molar-refractivity contribution < 1.29 is 9.53 Å². The van der Waals surface area contributed by atoms with E-state index in [1.807, 2.05) is 35.1 Å². The van der Waals surface area contributed by atoms with Gasteiger partial charge in [0.1, 0.15) is 5.75 Å². The summed E-state index contributed by atoms with van der Waals surface area (Å²) >= 11 is 0. The zero-order chi connectivity index (χ0) is 16.1. The molecular formula is C18H23N3O2. The Morgan fingerprint density at radius 1 is 1.35 bits per heavy atom. The number of amides is 1. The average molecular weight is 313 g/mol. The molecule has 5 nitrogen and oxygen atoms in total. The second-order valence-corrected chi connectivity index (χ2v) is 5.93. The fourth-order valence-corrected chi connectivity index (χ4v) is 3.08. The third-order valence-corrected chi connectivity index (χ3v) is 4.29. The monoisotopic (exact) mass is 313 g/mol. The lowest BCUT2D eigenvalue weighted by molar-refractivity contribution is -0.120. The Kier molecular flexibility index (Phi) is 4.95. The summed E-state index contributed by atoms with van der Waals surface area (Å²) in [7, 11) is 1.63. The van der Waals surface area contributed by atoms with Crippen LogP contribution in [0.5, 0.6) is 5.75 Å². The van der Waals surface area contributed by atoms with Crippen molar-refractivity contribution >= 4 is 5.91 Å². The predicted octanol–water partition coefficient (Wildman–Crippen LogP) is 2.13. The summed E-state index contributed by atoms with van der Waals surface area (Å²) in [6, 6.07) is 7.61. The van der Waals surface area contributed by atoms with Crippen LogP contribution in [-0.4, -0.2) is 29.3 Å². The van der Waals surface area contributed by atoms with Gasteiger partial charge in [-0.3, -0.25) is 9.48 Å². The zero-order valence-corrected chi connectivity index (χ0v) is 13.5. The number of fused-ring (bicyclic) bond motifs is 1. The van der Waals surface area contributed by atoms with Crippen LogP contribution in [0.4, 0.5) is 0 Å². The molecule has 23 heavy (non-hydrogen) atoms. The van der Waals surface area contributed by atoms with Crippen LogP contribution in [-0.2, 0) is 30.6 Å². The molecule has 1 heterocycles. The molecule has 5 heteroatoms. The first-order chi connectivity index (χ1) is 11.3. The first-order valence-electron chi connectivity index (χ1n) is 8.19. The highest BCUT2D eigenvalue weighted by atomic mass is 16.5. The number of nitrogens with zero attached hydrogens (tertiary/aromatic N) is 2. The van der Waals surface area contributed by atoms with Crippen molar-refractivity contribution in [2.75, 3.05) is 13.7 Å². The van der Waals surface area contributed by atoms with Gasteiger partial charge in [0.15, 0.2) is 0 Å². The van der Waals surface area contributed by atoms with Gasteiger partial charge < -0.3 is 10.1 Å². The van der Waals surface area contributed by atoms with E-state index in [1.54, 1.807) is 7.11 Å². The standard InChI is InChI=1S/C18H23N3O2/c1-23-16-7-4-5-14(11-16)12-18(22)19-9-10-21-17-8-3-2-6-15(17)13-20-21/h4-5,7,11,13H,2-3,6,8-10,12H2,1H3,(H,19,22). The minimum absolute atomic E-state index is 0.0271. The lowest BCUT2D eigenvalue weighted by Gasteiger charge is -2.14. The van der Waals surface area contributed by atoms with E-state index < -0.39 is 0 Å².